The van der Waals surface area contributed by atoms with E-state index in [0.717, 1.165) is 32.5 Å². The number of likely N-dealkylation sites (tertiary alicyclic amines) is 1. The maximum Gasteiger partial charge on any atom is 0.237 e. The van der Waals surface area contributed by atoms with Crippen molar-refractivity contribution in [2.75, 3.05) is 26.2 Å². The first-order chi connectivity index (χ1) is 8.69. The Morgan fingerprint density at radius 3 is 3.00 bits per heavy atom. The minimum atomic E-state index is 0.0331. The third kappa shape index (κ3) is 3.69. The average Bonchev–Trinajstić information content (AvgIpc) is 2.39. The summed E-state index contributed by atoms with van der Waals surface area (Å²) in [5.41, 5.74) is 0. The van der Waals surface area contributed by atoms with Crippen molar-refractivity contribution in [3.05, 3.63) is 0 Å². The Balaban J connectivity index is 1.79. The number of hydrogen-bond acceptors (Lipinski definition) is 3. The van der Waals surface area contributed by atoms with Crippen molar-refractivity contribution < 1.29 is 4.79 Å². The molecule has 0 aromatic carbocycles. The van der Waals surface area contributed by atoms with Crippen LogP contribution in [0, 0.1) is 5.92 Å². The van der Waals surface area contributed by atoms with E-state index in [0.29, 0.717) is 12.0 Å². The van der Waals surface area contributed by atoms with Crippen LogP contribution >= 0.6 is 0 Å². The first-order valence-electron chi connectivity index (χ1n) is 7.45. The highest BCUT2D eigenvalue weighted by Crippen LogP contribution is 2.16. The summed E-state index contributed by atoms with van der Waals surface area (Å²) in [5, 5.41) is 6.57. The summed E-state index contributed by atoms with van der Waals surface area (Å²) in [6.45, 7) is 8.69. The van der Waals surface area contributed by atoms with Crippen molar-refractivity contribution >= 4 is 5.91 Å². The summed E-state index contributed by atoms with van der Waals surface area (Å²) in [4.78, 5) is 14.6. The van der Waals surface area contributed by atoms with Gasteiger partial charge >= 0.3 is 0 Å². The molecule has 2 N–H and O–H groups in total. The van der Waals surface area contributed by atoms with Crippen LogP contribution in [-0.2, 0) is 4.79 Å². The quantitative estimate of drug-likeness (QED) is 0.788. The molecule has 0 aromatic rings. The summed E-state index contributed by atoms with van der Waals surface area (Å²) in [7, 11) is 0. The number of hydrogen-bond donors (Lipinski definition) is 2. The van der Waals surface area contributed by atoms with E-state index in [1.165, 1.54) is 19.4 Å². The molecule has 0 saturated carbocycles. The zero-order valence-corrected chi connectivity index (χ0v) is 11.7. The van der Waals surface area contributed by atoms with Crippen LogP contribution in [0.25, 0.3) is 0 Å². The molecule has 0 aromatic heterocycles. The molecular formula is C14H27N3O. The number of carbonyl (C=O) groups is 1. The van der Waals surface area contributed by atoms with Crippen molar-refractivity contribution in [3.63, 3.8) is 0 Å². The molecule has 0 spiro atoms. The first-order valence-corrected chi connectivity index (χ1v) is 7.45. The molecule has 2 rings (SSSR count). The maximum atomic E-state index is 12.2. The Labute approximate surface area is 110 Å². The van der Waals surface area contributed by atoms with Crippen LogP contribution in [-0.4, -0.2) is 49.1 Å². The van der Waals surface area contributed by atoms with Gasteiger partial charge < -0.3 is 15.5 Å². The zero-order valence-electron chi connectivity index (χ0n) is 11.7. The molecule has 0 bridgehead atoms. The fourth-order valence-corrected chi connectivity index (χ4v) is 3.07. The van der Waals surface area contributed by atoms with Crippen LogP contribution in [0.1, 0.15) is 39.5 Å². The normalized spacial score (nSPS) is 34.2. The van der Waals surface area contributed by atoms with Gasteiger partial charge in [0.2, 0.25) is 5.91 Å². The van der Waals surface area contributed by atoms with Crippen molar-refractivity contribution in [3.8, 4) is 0 Å². The number of rotatable bonds is 3. The van der Waals surface area contributed by atoms with E-state index in [4.69, 9.17) is 0 Å². The Morgan fingerprint density at radius 2 is 2.28 bits per heavy atom. The number of nitrogens with zero attached hydrogens (tertiary/aromatic N) is 1. The third-order valence-corrected chi connectivity index (χ3v) is 4.28. The lowest BCUT2D eigenvalue weighted by atomic mass is 9.93. The number of piperidine rings is 2. The Bertz CT molecular complexity index is 282. The Hall–Kier alpha value is -0.610. The summed E-state index contributed by atoms with van der Waals surface area (Å²) in [6, 6.07) is 0.385. The van der Waals surface area contributed by atoms with Crippen LogP contribution in [0.3, 0.4) is 0 Å². The molecule has 2 fully saturated rings. The van der Waals surface area contributed by atoms with Crippen LogP contribution in [0.4, 0.5) is 0 Å². The summed E-state index contributed by atoms with van der Waals surface area (Å²) in [5.74, 6) is 0.880. The van der Waals surface area contributed by atoms with Crippen molar-refractivity contribution in [1.82, 2.24) is 15.5 Å². The second kappa shape index (κ2) is 6.53. The van der Waals surface area contributed by atoms with Crippen LogP contribution in [0.5, 0.6) is 0 Å². The van der Waals surface area contributed by atoms with Gasteiger partial charge in [-0.3, -0.25) is 4.79 Å². The summed E-state index contributed by atoms with van der Waals surface area (Å²) >= 11 is 0. The minimum absolute atomic E-state index is 0.0331. The fraction of sp³-hybridized carbons (Fsp3) is 0.929. The van der Waals surface area contributed by atoms with Gasteiger partial charge in [0, 0.05) is 12.6 Å². The molecule has 1 amide bonds. The molecule has 104 valence electrons. The van der Waals surface area contributed by atoms with Crippen LogP contribution in [0.2, 0.25) is 0 Å². The van der Waals surface area contributed by atoms with Gasteiger partial charge in [-0.15, -0.1) is 0 Å². The molecular weight excluding hydrogens is 226 g/mol. The van der Waals surface area contributed by atoms with Gasteiger partial charge in [0.05, 0.1) is 6.04 Å². The van der Waals surface area contributed by atoms with E-state index in [9.17, 15) is 4.79 Å². The number of carbonyl (C=O) groups excluding carboxylic acids is 1. The lowest BCUT2D eigenvalue weighted by Crippen LogP contribution is -2.54. The number of nitrogens with one attached hydrogen (secondary N) is 2. The van der Waals surface area contributed by atoms with Gasteiger partial charge in [-0.2, -0.15) is 0 Å². The highest BCUT2D eigenvalue weighted by molar-refractivity contribution is 5.82. The van der Waals surface area contributed by atoms with Crippen molar-refractivity contribution in [1.29, 1.82) is 0 Å². The highest BCUT2D eigenvalue weighted by atomic mass is 16.2. The molecule has 2 aliphatic heterocycles. The van der Waals surface area contributed by atoms with Gasteiger partial charge in [0.1, 0.15) is 0 Å². The van der Waals surface area contributed by atoms with Gasteiger partial charge in [-0.25, -0.2) is 0 Å². The number of likely N-dealkylation sites (N-methyl/N-ethyl adjacent to an activating group) is 1. The molecule has 3 unspecified atom stereocenters. The Kier molecular flexibility index (Phi) is 5.01. The van der Waals surface area contributed by atoms with Gasteiger partial charge in [-0.1, -0.05) is 13.8 Å². The standard InChI is InChI=1S/C14H27N3O/c1-3-17-8-4-5-12(10-17)16-14(18)13-9-11(2)6-7-15-13/h11-13,15H,3-10H2,1-2H3,(H,16,18). The smallest absolute Gasteiger partial charge is 0.237 e. The monoisotopic (exact) mass is 253 g/mol. The topological polar surface area (TPSA) is 44.4 Å². The van der Waals surface area contributed by atoms with E-state index in [2.05, 4.69) is 29.4 Å². The summed E-state index contributed by atoms with van der Waals surface area (Å²) in [6.07, 6.45) is 4.50. The first kappa shape index (κ1) is 13.8. The van der Waals surface area contributed by atoms with Gasteiger partial charge in [0.25, 0.3) is 0 Å². The highest BCUT2D eigenvalue weighted by Gasteiger charge is 2.27. The predicted octanol–water partition coefficient (Wildman–Crippen LogP) is 0.975. The zero-order chi connectivity index (χ0) is 13.0. The second-order valence-electron chi connectivity index (χ2n) is 5.88. The van der Waals surface area contributed by atoms with Crippen molar-refractivity contribution in [2.45, 2.75) is 51.6 Å². The van der Waals surface area contributed by atoms with E-state index >= 15 is 0 Å². The Morgan fingerprint density at radius 1 is 1.44 bits per heavy atom. The van der Waals surface area contributed by atoms with E-state index in [1.807, 2.05) is 0 Å². The molecule has 0 radical (unpaired) electrons. The largest absolute Gasteiger partial charge is 0.351 e. The van der Waals surface area contributed by atoms with Gasteiger partial charge in [-0.05, 0) is 51.2 Å². The average molecular weight is 253 g/mol. The SMILES string of the molecule is CCN1CCCC(NC(=O)C2CC(C)CCN2)C1. The maximum absolute atomic E-state index is 12.2. The third-order valence-electron chi connectivity index (χ3n) is 4.28. The van der Waals surface area contributed by atoms with Crippen LogP contribution in [0.15, 0.2) is 0 Å². The molecule has 2 aliphatic rings. The molecule has 2 heterocycles. The molecule has 4 heteroatoms. The lowest BCUT2D eigenvalue weighted by Gasteiger charge is -2.34. The second-order valence-corrected chi connectivity index (χ2v) is 5.88. The predicted molar refractivity (Wildman–Crippen MR) is 73.5 cm³/mol. The van der Waals surface area contributed by atoms with Gasteiger partial charge in [0.15, 0.2) is 0 Å². The van der Waals surface area contributed by atoms with Crippen molar-refractivity contribution in [2.24, 2.45) is 5.92 Å². The summed E-state index contributed by atoms with van der Waals surface area (Å²) < 4.78 is 0. The molecule has 2 saturated heterocycles. The van der Waals surface area contributed by atoms with E-state index in [-0.39, 0.29) is 11.9 Å². The molecule has 3 atom stereocenters. The van der Waals surface area contributed by atoms with E-state index in [1.54, 1.807) is 0 Å². The fourth-order valence-electron chi connectivity index (χ4n) is 3.07. The number of amides is 1. The minimum Gasteiger partial charge on any atom is -0.351 e. The van der Waals surface area contributed by atoms with E-state index < -0.39 is 0 Å². The molecule has 18 heavy (non-hydrogen) atoms. The lowest BCUT2D eigenvalue weighted by molar-refractivity contribution is -0.125. The van der Waals surface area contributed by atoms with Crippen LogP contribution < -0.4 is 10.6 Å². The molecule has 0 aliphatic carbocycles. The molecule has 4 nitrogen and oxygen atoms in total.